The van der Waals surface area contributed by atoms with Gasteiger partial charge in [0.2, 0.25) is 0 Å². The highest BCUT2D eigenvalue weighted by molar-refractivity contribution is 9.10. The van der Waals surface area contributed by atoms with Gasteiger partial charge in [-0.1, -0.05) is 23.9 Å². The predicted octanol–water partition coefficient (Wildman–Crippen LogP) is 3.73. The Morgan fingerprint density at radius 2 is 2.15 bits per heavy atom. The summed E-state index contributed by atoms with van der Waals surface area (Å²) >= 11 is 4.64. The number of non-ortho nitro benzene ring substituents is 1. The molecule has 0 amide bonds. The number of carbonyl (C=O) groups is 1. The molecule has 1 heterocycles. The van der Waals surface area contributed by atoms with E-state index in [1.54, 1.807) is 18.3 Å². The number of hydrogen-bond donors (Lipinski definition) is 0. The number of nitrogens with zero attached hydrogens (tertiary/aromatic N) is 2. The fraction of sp³-hybridized carbons (Fsp3) is 0.0769. The van der Waals surface area contributed by atoms with E-state index in [0.717, 1.165) is 4.47 Å². The van der Waals surface area contributed by atoms with Crippen LogP contribution < -0.4 is 0 Å². The average Bonchev–Trinajstić information content (AvgIpc) is 2.46. The van der Waals surface area contributed by atoms with E-state index in [9.17, 15) is 14.9 Å². The summed E-state index contributed by atoms with van der Waals surface area (Å²) in [6.45, 7) is 0. The zero-order chi connectivity index (χ0) is 14.5. The number of benzene rings is 1. The molecule has 0 atom stereocenters. The minimum atomic E-state index is -0.515. The van der Waals surface area contributed by atoms with Crippen molar-refractivity contribution in [3.05, 3.63) is 62.7 Å². The number of nitro benzene ring substituents is 1. The van der Waals surface area contributed by atoms with E-state index in [-0.39, 0.29) is 17.2 Å². The van der Waals surface area contributed by atoms with Gasteiger partial charge in [-0.05, 0) is 28.1 Å². The molecule has 20 heavy (non-hydrogen) atoms. The Kier molecular flexibility index (Phi) is 4.86. The second kappa shape index (κ2) is 6.62. The van der Waals surface area contributed by atoms with Gasteiger partial charge in [0.25, 0.3) is 5.69 Å². The molecule has 102 valence electrons. The van der Waals surface area contributed by atoms with E-state index in [1.165, 1.54) is 30.0 Å². The Balaban J connectivity index is 2.07. The van der Waals surface area contributed by atoms with Crippen molar-refractivity contribution in [1.29, 1.82) is 0 Å². The summed E-state index contributed by atoms with van der Waals surface area (Å²) in [5.74, 6) is 0.00723. The maximum absolute atomic E-state index is 12.0. The lowest BCUT2D eigenvalue weighted by Gasteiger charge is -2.03. The normalized spacial score (nSPS) is 10.2. The first kappa shape index (κ1) is 14.7. The maximum atomic E-state index is 12.0. The molecule has 1 aromatic heterocycles. The van der Waals surface area contributed by atoms with Crippen LogP contribution in [0.2, 0.25) is 0 Å². The van der Waals surface area contributed by atoms with Crippen LogP contribution in [0.25, 0.3) is 0 Å². The van der Waals surface area contributed by atoms with Crippen LogP contribution in [0.4, 0.5) is 5.69 Å². The van der Waals surface area contributed by atoms with Gasteiger partial charge < -0.3 is 0 Å². The van der Waals surface area contributed by atoms with Crippen molar-refractivity contribution in [1.82, 2.24) is 4.98 Å². The van der Waals surface area contributed by atoms with E-state index in [4.69, 9.17) is 0 Å². The predicted molar refractivity (Wildman–Crippen MR) is 80.1 cm³/mol. The monoisotopic (exact) mass is 352 g/mol. The number of rotatable bonds is 5. The highest BCUT2D eigenvalue weighted by atomic mass is 79.9. The largest absolute Gasteiger partial charge is 0.293 e. The molecule has 2 aromatic rings. The summed E-state index contributed by atoms with van der Waals surface area (Å²) in [6, 6.07) is 9.36. The van der Waals surface area contributed by atoms with Crippen molar-refractivity contribution in [2.75, 3.05) is 5.75 Å². The fourth-order valence-electron chi connectivity index (χ4n) is 1.49. The van der Waals surface area contributed by atoms with Crippen LogP contribution in [-0.4, -0.2) is 21.4 Å². The van der Waals surface area contributed by atoms with E-state index >= 15 is 0 Å². The number of nitro groups is 1. The van der Waals surface area contributed by atoms with Crippen molar-refractivity contribution >= 4 is 39.2 Å². The van der Waals surface area contributed by atoms with Crippen molar-refractivity contribution in [3.8, 4) is 0 Å². The van der Waals surface area contributed by atoms with Gasteiger partial charge >= 0.3 is 0 Å². The van der Waals surface area contributed by atoms with E-state index in [0.29, 0.717) is 10.6 Å². The summed E-state index contributed by atoms with van der Waals surface area (Å²) in [4.78, 5) is 26.3. The number of hydrogen-bond acceptors (Lipinski definition) is 5. The minimum Gasteiger partial charge on any atom is -0.293 e. The molecular weight excluding hydrogens is 344 g/mol. The molecule has 0 bridgehead atoms. The van der Waals surface area contributed by atoms with Crippen LogP contribution in [0.3, 0.4) is 0 Å². The summed E-state index contributed by atoms with van der Waals surface area (Å²) < 4.78 is 0.817. The first-order valence-electron chi connectivity index (χ1n) is 5.59. The zero-order valence-electron chi connectivity index (χ0n) is 10.2. The molecule has 0 aliphatic carbocycles. The lowest BCUT2D eigenvalue weighted by Crippen LogP contribution is -2.03. The molecular formula is C13H9BrN2O3S. The fourth-order valence-corrected chi connectivity index (χ4v) is 2.86. The number of pyridine rings is 1. The molecule has 1 aromatic carbocycles. The molecule has 7 heteroatoms. The van der Waals surface area contributed by atoms with Gasteiger partial charge in [-0.2, -0.15) is 0 Å². The second-order valence-corrected chi connectivity index (χ2v) is 5.63. The minimum absolute atomic E-state index is 0.0835. The van der Waals surface area contributed by atoms with Crippen LogP contribution in [0.5, 0.6) is 0 Å². The van der Waals surface area contributed by atoms with Gasteiger partial charge in [0.15, 0.2) is 5.78 Å². The summed E-state index contributed by atoms with van der Waals surface area (Å²) in [5.41, 5.74) is 0.249. The highest BCUT2D eigenvalue weighted by Crippen LogP contribution is 2.25. The third-order valence-electron chi connectivity index (χ3n) is 2.44. The molecule has 2 rings (SSSR count). The van der Waals surface area contributed by atoms with Crippen molar-refractivity contribution in [2.45, 2.75) is 5.03 Å². The molecule has 0 saturated carbocycles. The smallest absolute Gasteiger partial charge is 0.270 e. The molecule has 0 saturated heterocycles. The van der Waals surface area contributed by atoms with Crippen LogP contribution in [0.15, 0.2) is 52.1 Å². The number of Topliss-reactive ketones (excluding diaryl/α,β-unsaturated/α-hetero) is 1. The average molecular weight is 353 g/mol. The number of halogens is 1. The van der Waals surface area contributed by atoms with Gasteiger partial charge in [-0.15, -0.1) is 0 Å². The van der Waals surface area contributed by atoms with E-state index < -0.39 is 4.92 Å². The highest BCUT2D eigenvalue weighted by Gasteiger charge is 2.12. The topological polar surface area (TPSA) is 73.1 Å². The van der Waals surface area contributed by atoms with Crippen molar-refractivity contribution < 1.29 is 9.72 Å². The molecule has 5 nitrogen and oxygen atoms in total. The Bertz CT molecular complexity index is 664. The summed E-state index contributed by atoms with van der Waals surface area (Å²) in [7, 11) is 0. The third-order valence-corrected chi connectivity index (χ3v) is 4.35. The SMILES string of the molecule is O=C(CSc1ncccc1Br)c1cccc([N+](=O)[O-])c1. The van der Waals surface area contributed by atoms with Crippen LogP contribution >= 0.6 is 27.7 Å². The first-order valence-corrected chi connectivity index (χ1v) is 7.37. The maximum Gasteiger partial charge on any atom is 0.270 e. The number of thioether (sulfide) groups is 1. The Morgan fingerprint density at radius 3 is 2.85 bits per heavy atom. The van der Waals surface area contributed by atoms with Gasteiger partial charge in [0, 0.05) is 28.4 Å². The summed E-state index contributed by atoms with van der Waals surface area (Å²) in [5, 5.41) is 11.4. The summed E-state index contributed by atoms with van der Waals surface area (Å²) in [6.07, 6.45) is 1.64. The van der Waals surface area contributed by atoms with E-state index in [1.807, 2.05) is 6.07 Å². The van der Waals surface area contributed by atoms with Gasteiger partial charge in [-0.3, -0.25) is 14.9 Å². The number of ketones is 1. The van der Waals surface area contributed by atoms with Gasteiger partial charge in [0.05, 0.1) is 10.7 Å². The quantitative estimate of drug-likeness (QED) is 0.354. The molecule has 0 fully saturated rings. The molecule has 0 spiro atoms. The Hall–Kier alpha value is -1.73. The van der Waals surface area contributed by atoms with Gasteiger partial charge in [0.1, 0.15) is 5.03 Å². The Morgan fingerprint density at radius 1 is 1.35 bits per heavy atom. The lowest BCUT2D eigenvalue weighted by atomic mass is 10.1. The van der Waals surface area contributed by atoms with Crippen LogP contribution in [0, 0.1) is 10.1 Å². The molecule has 0 radical (unpaired) electrons. The Labute approximate surface area is 127 Å². The van der Waals surface area contributed by atoms with Crippen LogP contribution in [0.1, 0.15) is 10.4 Å². The lowest BCUT2D eigenvalue weighted by molar-refractivity contribution is -0.384. The zero-order valence-corrected chi connectivity index (χ0v) is 12.6. The first-order chi connectivity index (χ1) is 9.58. The number of aromatic nitrogens is 1. The van der Waals surface area contributed by atoms with Crippen LogP contribution in [-0.2, 0) is 0 Å². The molecule has 0 N–H and O–H groups in total. The molecule has 0 aliphatic rings. The second-order valence-electron chi connectivity index (χ2n) is 3.81. The standard InChI is InChI=1S/C13H9BrN2O3S/c14-11-5-2-6-15-13(11)20-8-12(17)9-3-1-4-10(7-9)16(18)19/h1-7H,8H2. The van der Waals surface area contributed by atoms with E-state index in [2.05, 4.69) is 20.9 Å². The molecule has 0 unspecified atom stereocenters. The number of carbonyl (C=O) groups excluding carboxylic acids is 1. The van der Waals surface area contributed by atoms with Gasteiger partial charge in [-0.25, -0.2) is 4.98 Å². The van der Waals surface area contributed by atoms with Crippen molar-refractivity contribution in [2.24, 2.45) is 0 Å². The molecule has 0 aliphatic heterocycles. The van der Waals surface area contributed by atoms with Crippen molar-refractivity contribution in [3.63, 3.8) is 0 Å². The third kappa shape index (κ3) is 3.64.